The van der Waals surface area contributed by atoms with Crippen LogP contribution in [0.5, 0.6) is 5.75 Å². The number of amides is 2. The van der Waals surface area contributed by atoms with Crippen molar-refractivity contribution in [2.24, 2.45) is 0 Å². The number of halogens is 4. The monoisotopic (exact) mass is 443 g/mol. The van der Waals surface area contributed by atoms with Gasteiger partial charge in [0.05, 0.1) is 11.1 Å². The summed E-state index contributed by atoms with van der Waals surface area (Å²) in [6.45, 7) is 3.65. The van der Waals surface area contributed by atoms with Crippen LogP contribution in [-0.2, 0) is 4.79 Å². The van der Waals surface area contributed by atoms with E-state index in [1.807, 2.05) is 0 Å². The Morgan fingerprint density at radius 3 is 2.53 bits per heavy atom. The third-order valence-electron chi connectivity index (χ3n) is 4.00. The predicted molar refractivity (Wildman–Crippen MR) is 107 cm³/mol. The number of ether oxygens (including phenoxy) is 1. The molecule has 0 radical (unpaired) electrons. The fourth-order valence-electron chi connectivity index (χ4n) is 2.52. The first-order valence-corrected chi connectivity index (χ1v) is 9.44. The molecule has 1 unspecified atom stereocenters. The largest absolute Gasteiger partial charge is 0.483 e. The quantitative estimate of drug-likeness (QED) is 0.642. The third kappa shape index (κ3) is 6.91. The zero-order valence-electron chi connectivity index (χ0n) is 16.6. The number of rotatable bonds is 7. The van der Waals surface area contributed by atoms with Crippen molar-refractivity contribution in [2.75, 3.05) is 11.9 Å². The van der Waals surface area contributed by atoms with Crippen molar-refractivity contribution in [1.29, 1.82) is 0 Å². The van der Waals surface area contributed by atoms with Crippen LogP contribution in [0, 0.1) is 6.92 Å². The molecule has 0 spiro atoms. The number of aryl methyl sites for hydroxylation is 1. The zero-order chi connectivity index (χ0) is 22.5. The standard InChI is InChI=1S/C20H21ClF3N3O3/c1-4-18(28)27-17-9-14(7-11(2)25-17)19(29)26-12(3)13-5-6-16(15(21)8-13)30-10-20(22,23)24/h5-9,12H,4,10H2,1-3H3,(H,26,29)(H,25,27,28). The second-order valence-corrected chi connectivity index (χ2v) is 6.98. The number of alkyl halides is 3. The molecule has 1 aromatic carbocycles. The minimum Gasteiger partial charge on any atom is -0.483 e. The van der Waals surface area contributed by atoms with Gasteiger partial charge in [0.15, 0.2) is 6.61 Å². The number of nitrogens with one attached hydrogen (secondary N) is 2. The highest BCUT2D eigenvalue weighted by atomic mass is 35.5. The summed E-state index contributed by atoms with van der Waals surface area (Å²) in [5, 5.41) is 5.39. The fourth-order valence-corrected chi connectivity index (χ4v) is 2.76. The Hall–Kier alpha value is -2.81. The van der Waals surface area contributed by atoms with Gasteiger partial charge in [-0.3, -0.25) is 9.59 Å². The molecule has 0 bridgehead atoms. The van der Waals surface area contributed by atoms with Crippen LogP contribution in [0.2, 0.25) is 5.02 Å². The van der Waals surface area contributed by atoms with Gasteiger partial charge >= 0.3 is 6.18 Å². The Morgan fingerprint density at radius 2 is 1.93 bits per heavy atom. The summed E-state index contributed by atoms with van der Waals surface area (Å²) in [5.41, 5.74) is 1.44. The molecule has 1 atom stereocenters. The van der Waals surface area contributed by atoms with Crippen LogP contribution in [-0.4, -0.2) is 29.6 Å². The van der Waals surface area contributed by atoms with Crippen LogP contribution in [0.3, 0.4) is 0 Å². The lowest BCUT2D eigenvalue weighted by Gasteiger charge is -2.17. The van der Waals surface area contributed by atoms with Crippen molar-refractivity contribution < 1.29 is 27.5 Å². The van der Waals surface area contributed by atoms with Gasteiger partial charge in [-0.1, -0.05) is 24.6 Å². The molecular formula is C20H21ClF3N3O3. The number of anilines is 1. The first kappa shape index (κ1) is 23.5. The molecule has 10 heteroatoms. The normalized spacial score (nSPS) is 12.2. The van der Waals surface area contributed by atoms with Crippen LogP contribution >= 0.6 is 11.6 Å². The van der Waals surface area contributed by atoms with Gasteiger partial charge in [0.1, 0.15) is 11.6 Å². The van der Waals surface area contributed by atoms with E-state index in [-0.39, 0.29) is 28.9 Å². The van der Waals surface area contributed by atoms with E-state index in [0.717, 1.165) is 0 Å². The van der Waals surface area contributed by atoms with Crippen LogP contribution < -0.4 is 15.4 Å². The van der Waals surface area contributed by atoms with Crippen LogP contribution in [0.25, 0.3) is 0 Å². The molecule has 0 aliphatic carbocycles. The second kappa shape index (κ2) is 9.80. The summed E-state index contributed by atoms with van der Waals surface area (Å²) in [7, 11) is 0. The van der Waals surface area contributed by atoms with Crippen molar-refractivity contribution in [3.8, 4) is 5.75 Å². The average Bonchev–Trinajstić information content (AvgIpc) is 2.65. The molecule has 0 aliphatic rings. The Labute approximate surface area is 176 Å². The molecule has 0 saturated carbocycles. The lowest BCUT2D eigenvalue weighted by molar-refractivity contribution is -0.153. The molecule has 1 aromatic heterocycles. The molecular weight excluding hydrogens is 423 g/mol. The van der Waals surface area contributed by atoms with Crippen molar-refractivity contribution in [3.63, 3.8) is 0 Å². The van der Waals surface area contributed by atoms with E-state index in [2.05, 4.69) is 20.4 Å². The van der Waals surface area contributed by atoms with Crippen LogP contribution in [0.4, 0.5) is 19.0 Å². The Balaban J connectivity index is 2.10. The second-order valence-electron chi connectivity index (χ2n) is 6.57. The van der Waals surface area contributed by atoms with E-state index in [9.17, 15) is 22.8 Å². The van der Waals surface area contributed by atoms with Crippen molar-refractivity contribution in [2.45, 2.75) is 39.4 Å². The highest BCUT2D eigenvalue weighted by molar-refractivity contribution is 6.32. The van der Waals surface area contributed by atoms with E-state index in [4.69, 9.17) is 11.6 Å². The lowest BCUT2D eigenvalue weighted by Crippen LogP contribution is -2.27. The van der Waals surface area contributed by atoms with E-state index >= 15 is 0 Å². The van der Waals surface area contributed by atoms with E-state index < -0.39 is 24.7 Å². The fraction of sp³-hybridized carbons (Fsp3) is 0.350. The Kier molecular flexibility index (Phi) is 7.66. The topological polar surface area (TPSA) is 80.3 Å². The maximum Gasteiger partial charge on any atom is 0.422 e. The van der Waals surface area contributed by atoms with Crippen LogP contribution in [0.15, 0.2) is 30.3 Å². The number of carbonyl (C=O) groups excluding carboxylic acids is 2. The maximum absolute atomic E-state index is 12.6. The Morgan fingerprint density at radius 1 is 1.23 bits per heavy atom. The van der Waals surface area contributed by atoms with Gasteiger partial charge in [0, 0.05) is 17.7 Å². The molecule has 0 fully saturated rings. The summed E-state index contributed by atoms with van der Waals surface area (Å²) < 4.78 is 41.5. The highest BCUT2D eigenvalue weighted by Crippen LogP contribution is 2.29. The van der Waals surface area contributed by atoms with E-state index in [0.29, 0.717) is 16.8 Å². The Bertz CT molecular complexity index is 935. The van der Waals surface area contributed by atoms with Gasteiger partial charge < -0.3 is 15.4 Å². The zero-order valence-corrected chi connectivity index (χ0v) is 17.3. The first-order valence-electron chi connectivity index (χ1n) is 9.07. The molecule has 2 aromatic rings. The molecule has 0 saturated heterocycles. The van der Waals surface area contributed by atoms with Gasteiger partial charge in [0.25, 0.3) is 5.91 Å². The summed E-state index contributed by atoms with van der Waals surface area (Å²) in [6.07, 6.45) is -4.20. The number of nitrogens with zero attached hydrogens (tertiary/aromatic N) is 1. The number of pyridine rings is 1. The third-order valence-corrected chi connectivity index (χ3v) is 4.29. The van der Waals surface area contributed by atoms with Gasteiger partial charge in [-0.15, -0.1) is 0 Å². The number of benzene rings is 1. The van der Waals surface area contributed by atoms with E-state index in [1.54, 1.807) is 26.8 Å². The van der Waals surface area contributed by atoms with Crippen molar-refractivity contribution >= 4 is 29.2 Å². The molecule has 30 heavy (non-hydrogen) atoms. The SMILES string of the molecule is CCC(=O)Nc1cc(C(=O)NC(C)c2ccc(OCC(F)(F)F)c(Cl)c2)cc(C)n1. The molecule has 0 aliphatic heterocycles. The molecule has 1 heterocycles. The minimum atomic E-state index is -4.47. The number of hydrogen-bond acceptors (Lipinski definition) is 4. The highest BCUT2D eigenvalue weighted by Gasteiger charge is 2.28. The summed E-state index contributed by atoms with van der Waals surface area (Å²) in [5.74, 6) is -0.463. The molecule has 162 valence electrons. The summed E-state index contributed by atoms with van der Waals surface area (Å²) in [4.78, 5) is 28.4. The maximum atomic E-state index is 12.6. The van der Waals surface area contributed by atoms with Crippen molar-refractivity contribution in [1.82, 2.24) is 10.3 Å². The number of hydrogen-bond donors (Lipinski definition) is 2. The minimum absolute atomic E-state index is 0.00201. The molecule has 6 nitrogen and oxygen atoms in total. The van der Waals surface area contributed by atoms with Crippen molar-refractivity contribution in [3.05, 3.63) is 52.2 Å². The van der Waals surface area contributed by atoms with Crippen LogP contribution in [0.1, 0.15) is 47.9 Å². The van der Waals surface area contributed by atoms with Gasteiger partial charge in [-0.25, -0.2) is 4.98 Å². The lowest BCUT2D eigenvalue weighted by atomic mass is 10.1. The first-order chi connectivity index (χ1) is 14.0. The number of carbonyl (C=O) groups is 2. The molecule has 2 amide bonds. The summed E-state index contributed by atoms with van der Waals surface area (Å²) >= 11 is 6.01. The van der Waals surface area contributed by atoms with E-state index in [1.165, 1.54) is 24.3 Å². The van der Waals surface area contributed by atoms with Gasteiger partial charge in [-0.05, 0) is 43.7 Å². The average molecular weight is 444 g/mol. The number of aromatic nitrogens is 1. The smallest absolute Gasteiger partial charge is 0.422 e. The van der Waals surface area contributed by atoms with Gasteiger partial charge in [-0.2, -0.15) is 13.2 Å². The predicted octanol–water partition coefficient (Wildman–Crippen LogP) is 4.82. The molecule has 2 rings (SSSR count). The summed E-state index contributed by atoms with van der Waals surface area (Å²) in [6, 6.07) is 6.82. The molecule has 2 N–H and O–H groups in total. The van der Waals surface area contributed by atoms with Gasteiger partial charge in [0.2, 0.25) is 5.91 Å².